The van der Waals surface area contributed by atoms with Crippen LogP contribution in [-0.4, -0.2) is 15.0 Å². The van der Waals surface area contributed by atoms with Crippen molar-refractivity contribution in [3.63, 3.8) is 0 Å². The van der Waals surface area contributed by atoms with Crippen LogP contribution < -0.4 is 16.4 Å². The van der Waals surface area contributed by atoms with Crippen molar-refractivity contribution >= 4 is 44.0 Å². The van der Waals surface area contributed by atoms with Gasteiger partial charge in [0.25, 0.3) is 0 Å². The first kappa shape index (κ1) is 19.0. The van der Waals surface area contributed by atoms with Crippen molar-refractivity contribution in [2.24, 2.45) is 0 Å². The summed E-state index contributed by atoms with van der Waals surface area (Å²) < 4.78 is 1.10. The summed E-state index contributed by atoms with van der Waals surface area (Å²) in [6.07, 6.45) is 1.50. The normalized spacial score (nSPS) is 11.0. The van der Waals surface area contributed by atoms with Crippen molar-refractivity contribution in [2.45, 2.75) is 6.04 Å². The maximum Gasteiger partial charge on any atom is 0.189 e. The molecule has 0 aliphatic carbocycles. The number of benzene rings is 3. The number of para-hydroxylation sites is 1. The highest BCUT2D eigenvalue weighted by molar-refractivity contribution is 7.22. The van der Waals surface area contributed by atoms with E-state index in [1.54, 1.807) is 11.3 Å². The van der Waals surface area contributed by atoms with E-state index >= 15 is 0 Å². The number of nitrogens with one attached hydrogen (secondary N) is 2. The Morgan fingerprint density at radius 3 is 2.03 bits per heavy atom. The fraction of sp³-hybridized carbons (Fsp3) is 0.0417. The lowest BCUT2D eigenvalue weighted by Gasteiger charge is -2.21. The molecule has 0 atom stereocenters. The highest BCUT2D eigenvalue weighted by Gasteiger charge is 2.18. The van der Waals surface area contributed by atoms with Crippen LogP contribution in [0.4, 0.5) is 22.5 Å². The SMILES string of the molecule is Nc1c(Nc2nc3ccccc3s2)ncnc1NC(c1ccccc1)c1ccccc1. The third-order valence-electron chi connectivity index (χ3n) is 4.95. The van der Waals surface area contributed by atoms with E-state index in [9.17, 15) is 0 Å². The van der Waals surface area contributed by atoms with Gasteiger partial charge in [0.05, 0.1) is 16.3 Å². The molecular formula is C24H20N6S. The van der Waals surface area contributed by atoms with Crippen molar-refractivity contribution in [1.82, 2.24) is 15.0 Å². The van der Waals surface area contributed by atoms with Crippen molar-refractivity contribution in [2.75, 3.05) is 16.4 Å². The quantitative estimate of drug-likeness (QED) is 0.328. The summed E-state index contributed by atoms with van der Waals surface area (Å²) in [6, 6.07) is 28.3. The number of nitrogen functional groups attached to an aromatic ring is 1. The second-order valence-electron chi connectivity index (χ2n) is 7.00. The van der Waals surface area contributed by atoms with Crippen LogP contribution in [0.5, 0.6) is 0 Å². The first-order valence-corrected chi connectivity index (χ1v) is 10.7. The molecule has 0 bridgehead atoms. The van der Waals surface area contributed by atoms with Crippen molar-refractivity contribution in [1.29, 1.82) is 0 Å². The zero-order valence-electron chi connectivity index (χ0n) is 16.6. The first-order chi connectivity index (χ1) is 15.3. The molecule has 0 aliphatic heterocycles. The van der Waals surface area contributed by atoms with Gasteiger partial charge in [-0.05, 0) is 23.3 Å². The minimum Gasteiger partial charge on any atom is -0.393 e. The van der Waals surface area contributed by atoms with Gasteiger partial charge in [0.15, 0.2) is 16.8 Å². The molecule has 0 fully saturated rings. The molecule has 0 aliphatic rings. The molecule has 31 heavy (non-hydrogen) atoms. The zero-order valence-corrected chi connectivity index (χ0v) is 17.4. The molecule has 0 saturated heterocycles. The number of aromatic nitrogens is 3. The van der Waals surface area contributed by atoms with E-state index in [0.717, 1.165) is 26.5 Å². The second-order valence-corrected chi connectivity index (χ2v) is 8.03. The predicted molar refractivity (Wildman–Crippen MR) is 128 cm³/mol. The van der Waals surface area contributed by atoms with E-state index in [0.29, 0.717) is 17.3 Å². The lowest BCUT2D eigenvalue weighted by molar-refractivity contribution is 0.924. The summed E-state index contributed by atoms with van der Waals surface area (Å²) in [5.74, 6) is 1.09. The Morgan fingerprint density at radius 1 is 0.742 bits per heavy atom. The van der Waals surface area contributed by atoms with Gasteiger partial charge < -0.3 is 16.4 Å². The number of nitrogens with zero attached hydrogens (tertiary/aromatic N) is 3. The minimum absolute atomic E-state index is 0.102. The molecule has 0 radical (unpaired) electrons. The van der Waals surface area contributed by atoms with Gasteiger partial charge in [0.1, 0.15) is 12.0 Å². The van der Waals surface area contributed by atoms with Crippen LogP contribution in [0.1, 0.15) is 17.2 Å². The molecule has 152 valence electrons. The Labute approximate surface area is 183 Å². The van der Waals surface area contributed by atoms with Gasteiger partial charge in [-0.2, -0.15) is 0 Å². The largest absolute Gasteiger partial charge is 0.393 e. The maximum absolute atomic E-state index is 6.46. The molecule has 5 aromatic rings. The van der Waals surface area contributed by atoms with E-state index in [4.69, 9.17) is 5.73 Å². The molecule has 0 unspecified atom stereocenters. The van der Waals surface area contributed by atoms with Crippen LogP contribution in [-0.2, 0) is 0 Å². The molecule has 0 saturated carbocycles. The Morgan fingerprint density at radius 2 is 1.35 bits per heavy atom. The van der Waals surface area contributed by atoms with E-state index in [2.05, 4.69) is 49.9 Å². The molecule has 4 N–H and O–H groups in total. The van der Waals surface area contributed by atoms with Crippen LogP contribution in [0.2, 0.25) is 0 Å². The highest BCUT2D eigenvalue weighted by atomic mass is 32.1. The van der Waals surface area contributed by atoms with Gasteiger partial charge in [-0.1, -0.05) is 84.1 Å². The Bertz CT molecular complexity index is 1230. The first-order valence-electron chi connectivity index (χ1n) is 9.87. The van der Waals surface area contributed by atoms with Gasteiger partial charge in [-0.3, -0.25) is 0 Å². The van der Waals surface area contributed by atoms with Gasteiger partial charge in [-0.25, -0.2) is 15.0 Å². The number of fused-ring (bicyclic) bond motifs is 1. The smallest absolute Gasteiger partial charge is 0.189 e. The van der Waals surface area contributed by atoms with E-state index < -0.39 is 0 Å². The van der Waals surface area contributed by atoms with E-state index in [-0.39, 0.29) is 6.04 Å². The molecule has 5 rings (SSSR count). The highest BCUT2D eigenvalue weighted by Crippen LogP contribution is 2.33. The molecule has 7 heteroatoms. The lowest BCUT2D eigenvalue weighted by atomic mass is 9.99. The third kappa shape index (κ3) is 4.04. The van der Waals surface area contributed by atoms with Crippen LogP contribution in [0, 0.1) is 0 Å². The topological polar surface area (TPSA) is 88.8 Å². The lowest BCUT2D eigenvalue weighted by Crippen LogP contribution is -2.15. The van der Waals surface area contributed by atoms with E-state index in [1.165, 1.54) is 6.33 Å². The number of thiazole rings is 1. The predicted octanol–water partition coefficient (Wildman–Crippen LogP) is 5.61. The van der Waals surface area contributed by atoms with Gasteiger partial charge in [0, 0.05) is 0 Å². The summed E-state index contributed by atoms with van der Waals surface area (Å²) in [6.45, 7) is 0. The van der Waals surface area contributed by atoms with Crippen LogP contribution in [0.3, 0.4) is 0 Å². The number of anilines is 4. The Kier molecular flexibility index (Phi) is 5.16. The van der Waals surface area contributed by atoms with Crippen molar-refractivity contribution < 1.29 is 0 Å². The molecular weight excluding hydrogens is 404 g/mol. The summed E-state index contributed by atoms with van der Waals surface area (Å²) in [5, 5.41) is 7.48. The fourth-order valence-corrected chi connectivity index (χ4v) is 4.29. The summed E-state index contributed by atoms with van der Waals surface area (Å²) >= 11 is 1.56. The standard InChI is InChI=1S/C24H20N6S/c25-20-22(29-21(16-9-3-1-4-10-16)17-11-5-2-6-12-17)26-15-27-23(20)30-24-28-18-13-7-8-14-19(18)31-24/h1-15,21H,25H2,(H2,26,27,28,29,30). The van der Waals surface area contributed by atoms with Crippen LogP contribution in [0.15, 0.2) is 91.3 Å². The average Bonchev–Trinajstić information content (AvgIpc) is 3.23. The number of rotatable bonds is 6. The zero-order chi connectivity index (χ0) is 21.0. The van der Waals surface area contributed by atoms with Crippen molar-refractivity contribution in [3.8, 4) is 0 Å². The van der Waals surface area contributed by atoms with Crippen LogP contribution in [0.25, 0.3) is 10.2 Å². The van der Waals surface area contributed by atoms with Gasteiger partial charge in [-0.15, -0.1) is 0 Å². The van der Waals surface area contributed by atoms with Gasteiger partial charge in [0.2, 0.25) is 0 Å². The minimum atomic E-state index is -0.102. The molecule has 0 amide bonds. The van der Waals surface area contributed by atoms with Gasteiger partial charge >= 0.3 is 0 Å². The summed E-state index contributed by atoms with van der Waals surface area (Å²) in [7, 11) is 0. The monoisotopic (exact) mass is 424 g/mol. The summed E-state index contributed by atoms with van der Waals surface area (Å²) in [5.41, 5.74) is 10.1. The summed E-state index contributed by atoms with van der Waals surface area (Å²) in [4.78, 5) is 13.4. The molecule has 6 nitrogen and oxygen atoms in total. The Balaban J connectivity index is 1.47. The number of hydrogen-bond donors (Lipinski definition) is 3. The molecule has 3 aromatic carbocycles. The third-order valence-corrected chi connectivity index (χ3v) is 5.90. The van der Waals surface area contributed by atoms with E-state index in [1.807, 2.05) is 60.7 Å². The van der Waals surface area contributed by atoms with Crippen LogP contribution >= 0.6 is 11.3 Å². The maximum atomic E-state index is 6.46. The number of nitrogens with two attached hydrogens (primary N) is 1. The average molecular weight is 425 g/mol. The fourth-order valence-electron chi connectivity index (χ4n) is 3.42. The molecule has 2 aromatic heterocycles. The van der Waals surface area contributed by atoms with Crippen molar-refractivity contribution in [3.05, 3.63) is 102 Å². The Hall–Kier alpha value is -3.97. The number of hydrogen-bond acceptors (Lipinski definition) is 7. The second kappa shape index (κ2) is 8.41. The molecule has 0 spiro atoms. The molecule has 2 heterocycles.